The number of thiazole rings is 1. The fourth-order valence-corrected chi connectivity index (χ4v) is 3.12. The third-order valence-electron chi connectivity index (χ3n) is 3.18. The summed E-state index contributed by atoms with van der Waals surface area (Å²) in [4.78, 5) is 19.3. The molecule has 0 radical (unpaired) electrons. The largest absolute Gasteiger partial charge is 0.384 e. The lowest BCUT2D eigenvalue weighted by molar-refractivity contribution is 0.0779. The number of likely N-dealkylation sites (tertiary alicyclic amines) is 1. The number of anilines is 1. The Kier molecular flexibility index (Phi) is 4.19. The van der Waals surface area contributed by atoms with E-state index >= 15 is 0 Å². The summed E-state index contributed by atoms with van der Waals surface area (Å²) in [6.07, 6.45) is 1.02. The number of aromatic nitrogens is 1. The molecule has 1 aliphatic heterocycles. The first-order valence-corrected chi connectivity index (χ1v) is 6.90. The highest BCUT2D eigenvalue weighted by Crippen LogP contribution is 2.26. The molecule has 0 unspecified atom stereocenters. The monoisotopic (exact) mass is 269 g/mol. The molecule has 1 N–H and O–H groups in total. The molecule has 0 aliphatic carbocycles. The van der Waals surface area contributed by atoms with Gasteiger partial charge in [-0.3, -0.25) is 4.79 Å². The van der Waals surface area contributed by atoms with Crippen LogP contribution in [0.4, 0.5) is 5.13 Å². The molecule has 1 aliphatic rings. The Labute approximate surface area is 111 Å². The molecule has 0 spiro atoms. The number of methoxy groups -OCH3 is 1. The number of nitrogens with one attached hydrogen (secondary N) is 1. The van der Waals surface area contributed by atoms with E-state index < -0.39 is 0 Å². The van der Waals surface area contributed by atoms with Crippen LogP contribution in [0.15, 0.2) is 0 Å². The summed E-state index contributed by atoms with van der Waals surface area (Å²) in [6.45, 7) is 4.22. The maximum Gasteiger partial charge on any atom is 0.265 e. The van der Waals surface area contributed by atoms with Crippen LogP contribution in [0.1, 0.15) is 21.8 Å². The molecule has 2 heterocycles. The SMILES string of the molecule is CNc1nc(C)c(C(=O)N2CC[C@H](COC)C2)s1. The number of amides is 1. The summed E-state index contributed by atoms with van der Waals surface area (Å²) in [5.41, 5.74) is 0.810. The Morgan fingerprint density at radius 1 is 1.67 bits per heavy atom. The van der Waals surface area contributed by atoms with Gasteiger partial charge >= 0.3 is 0 Å². The van der Waals surface area contributed by atoms with Crippen LogP contribution in [0.25, 0.3) is 0 Å². The van der Waals surface area contributed by atoms with E-state index in [9.17, 15) is 4.79 Å². The van der Waals surface area contributed by atoms with E-state index in [0.29, 0.717) is 5.92 Å². The summed E-state index contributed by atoms with van der Waals surface area (Å²) in [6, 6.07) is 0. The fraction of sp³-hybridized carbons (Fsp3) is 0.667. The lowest BCUT2D eigenvalue weighted by atomic mass is 10.1. The van der Waals surface area contributed by atoms with Gasteiger partial charge in [0.2, 0.25) is 0 Å². The van der Waals surface area contributed by atoms with Crippen molar-refractivity contribution in [2.24, 2.45) is 5.92 Å². The summed E-state index contributed by atoms with van der Waals surface area (Å²) in [5.74, 6) is 0.570. The van der Waals surface area contributed by atoms with Crippen molar-refractivity contribution >= 4 is 22.4 Å². The zero-order valence-electron chi connectivity index (χ0n) is 11.0. The molecule has 2 rings (SSSR count). The summed E-state index contributed by atoms with van der Waals surface area (Å²) in [7, 11) is 3.52. The van der Waals surface area contributed by atoms with Gasteiger partial charge < -0.3 is 15.0 Å². The minimum Gasteiger partial charge on any atom is -0.384 e. The van der Waals surface area contributed by atoms with Gasteiger partial charge in [0.25, 0.3) is 5.91 Å². The van der Waals surface area contributed by atoms with Crippen molar-refractivity contribution in [3.63, 3.8) is 0 Å². The first-order chi connectivity index (χ1) is 8.65. The molecule has 1 atom stereocenters. The van der Waals surface area contributed by atoms with Crippen LogP contribution in [0, 0.1) is 12.8 Å². The lowest BCUT2D eigenvalue weighted by Gasteiger charge is -2.15. The van der Waals surface area contributed by atoms with Crippen molar-refractivity contribution < 1.29 is 9.53 Å². The van der Waals surface area contributed by atoms with Crippen LogP contribution in [0.2, 0.25) is 0 Å². The Morgan fingerprint density at radius 3 is 3.06 bits per heavy atom. The van der Waals surface area contributed by atoms with E-state index in [1.165, 1.54) is 11.3 Å². The molecule has 1 saturated heterocycles. The van der Waals surface area contributed by atoms with Gasteiger partial charge in [-0.15, -0.1) is 0 Å². The smallest absolute Gasteiger partial charge is 0.265 e. The van der Waals surface area contributed by atoms with Gasteiger partial charge in [-0.1, -0.05) is 11.3 Å². The van der Waals surface area contributed by atoms with Crippen LogP contribution in [-0.2, 0) is 4.74 Å². The Hall–Kier alpha value is -1.14. The second-order valence-corrected chi connectivity index (χ2v) is 5.54. The number of hydrogen-bond acceptors (Lipinski definition) is 5. The number of hydrogen-bond donors (Lipinski definition) is 1. The Morgan fingerprint density at radius 2 is 2.44 bits per heavy atom. The molecule has 1 aromatic heterocycles. The Balaban J connectivity index is 2.05. The molecule has 1 amide bonds. The average molecular weight is 269 g/mol. The van der Waals surface area contributed by atoms with E-state index in [1.807, 2.05) is 18.9 Å². The summed E-state index contributed by atoms with van der Waals surface area (Å²) >= 11 is 1.42. The van der Waals surface area contributed by atoms with E-state index in [1.54, 1.807) is 7.11 Å². The van der Waals surface area contributed by atoms with E-state index in [2.05, 4.69) is 10.3 Å². The van der Waals surface area contributed by atoms with Crippen molar-refractivity contribution in [3.8, 4) is 0 Å². The summed E-state index contributed by atoms with van der Waals surface area (Å²) in [5, 5.41) is 3.77. The molecule has 100 valence electrons. The van der Waals surface area contributed by atoms with Crippen molar-refractivity contribution in [3.05, 3.63) is 10.6 Å². The summed E-state index contributed by atoms with van der Waals surface area (Å²) < 4.78 is 5.15. The van der Waals surface area contributed by atoms with Crippen molar-refractivity contribution in [2.45, 2.75) is 13.3 Å². The average Bonchev–Trinajstić information content (AvgIpc) is 2.95. The molecular weight excluding hydrogens is 250 g/mol. The van der Waals surface area contributed by atoms with Gasteiger partial charge in [0.1, 0.15) is 4.88 Å². The number of carbonyl (C=O) groups is 1. The predicted octanol–water partition coefficient (Wildman–Crippen LogP) is 1.60. The highest BCUT2D eigenvalue weighted by molar-refractivity contribution is 7.17. The molecular formula is C12H19N3O2S. The van der Waals surface area contributed by atoms with Gasteiger partial charge in [-0.2, -0.15) is 0 Å². The van der Waals surface area contributed by atoms with Gasteiger partial charge in [-0.25, -0.2) is 4.98 Å². The third kappa shape index (κ3) is 2.64. The van der Waals surface area contributed by atoms with Crippen LogP contribution >= 0.6 is 11.3 Å². The number of rotatable bonds is 4. The van der Waals surface area contributed by atoms with Gasteiger partial charge in [0.05, 0.1) is 12.3 Å². The fourth-order valence-electron chi connectivity index (χ4n) is 2.23. The van der Waals surface area contributed by atoms with Crippen LogP contribution in [-0.4, -0.2) is 49.6 Å². The van der Waals surface area contributed by atoms with Crippen LogP contribution in [0.5, 0.6) is 0 Å². The number of aryl methyl sites for hydroxylation is 1. The molecule has 6 heteroatoms. The molecule has 18 heavy (non-hydrogen) atoms. The first kappa shape index (κ1) is 13.3. The molecule has 5 nitrogen and oxygen atoms in total. The molecule has 0 bridgehead atoms. The second-order valence-electron chi connectivity index (χ2n) is 4.54. The first-order valence-electron chi connectivity index (χ1n) is 6.09. The standard InChI is InChI=1S/C12H19N3O2S/c1-8-10(18-12(13-2)14-8)11(16)15-5-4-9(6-15)7-17-3/h9H,4-7H2,1-3H3,(H,13,14)/t9-/m0/s1. The van der Waals surface area contributed by atoms with Crippen molar-refractivity contribution in [1.82, 2.24) is 9.88 Å². The predicted molar refractivity (Wildman–Crippen MR) is 72.3 cm³/mol. The highest BCUT2D eigenvalue weighted by Gasteiger charge is 2.29. The zero-order chi connectivity index (χ0) is 13.1. The molecule has 0 saturated carbocycles. The van der Waals surface area contributed by atoms with E-state index in [-0.39, 0.29) is 5.91 Å². The minimum atomic E-state index is 0.102. The van der Waals surface area contributed by atoms with Gasteiger partial charge in [0.15, 0.2) is 5.13 Å². The quantitative estimate of drug-likeness (QED) is 0.902. The highest BCUT2D eigenvalue weighted by atomic mass is 32.1. The Bertz CT molecular complexity index is 433. The van der Waals surface area contributed by atoms with Crippen molar-refractivity contribution in [2.75, 3.05) is 39.2 Å². The number of carbonyl (C=O) groups excluding carboxylic acids is 1. The van der Waals surface area contributed by atoms with E-state index in [0.717, 1.165) is 41.8 Å². The number of nitrogens with zero attached hydrogens (tertiary/aromatic N) is 2. The maximum atomic E-state index is 12.4. The van der Waals surface area contributed by atoms with Gasteiger partial charge in [-0.05, 0) is 13.3 Å². The number of ether oxygens (including phenoxy) is 1. The van der Waals surface area contributed by atoms with Crippen molar-refractivity contribution in [1.29, 1.82) is 0 Å². The zero-order valence-corrected chi connectivity index (χ0v) is 11.8. The second kappa shape index (κ2) is 5.67. The third-order valence-corrected chi connectivity index (χ3v) is 4.34. The van der Waals surface area contributed by atoms with Gasteiger partial charge in [0, 0.05) is 33.2 Å². The van der Waals surface area contributed by atoms with Crippen LogP contribution in [0.3, 0.4) is 0 Å². The topological polar surface area (TPSA) is 54.5 Å². The minimum absolute atomic E-state index is 0.102. The van der Waals surface area contributed by atoms with Crippen LogP contribution < -0.4 is 5.32 Å². The maximum absolute atomic E-state index is 12.4. The normalized spacial score (nSPS) is 19.3. The molecule has 1 aromatic rings. The van der Waals surface area contributed by atoms with E-state index in [4.69, 9.17) is 4.74 Å². The molecule has 0 aromatic carbocycles. The lowest BCUT2D eigenvalue weighted by Crippen LogP contribution is -2.29. The molecule has 1 fully saturated rings.